The summed E-state index contributed by atoms with van der Waals surface area (Å²) in [6.07, 6.45) is 2.09. The summed E-state index contributed by atoms with van der Waals surface area (Å²) in [5.74, 6) is 1.32. The minimum atomic E-state index is -0.0356. The van der Waals surface area contributed by atoms with E-state index in [9.17, 15) is 4.79 Å². The van der Waals surface area contributed by atoms with Gasteiger partial charge in [-0.1, -0.05) is 19.9 Å². The van der Waals surface area contributed by atoms with E-state index in [1.807, 2.05) is 24.4 Å². The van der Waals surface area contributed by atoms with Gasteiger partial charge in [0.1, 0.15) is 6.54 Å². The fraction of sp³-hybridized carbons (Fsp3) is 0.533. The van der Waals surface area contributed by atoms with Crippen molar-refractivity contribution in [2.24, 2.45) is 5.92 Å². The molecular weight excluding hydrogens is 316 g/mol. The van der Waals surface area contributed by atoms with E-state index in [1.165, 1.54) is 0 Å². The molecule has 0 saturated carbocycles. The normalized spacial score (nSPS) is 12.5. The third kappa shape index (κ3) is 4.51. The van der Waals surface area contributed by atoms with Gasteiger partial charge in [0.05, 0.1) is 4.88 Å². The lowest BCUT2D eigenvalue weighted by molar-refractivity contribution is -0.122. The van der Waals surface area contributed by atoms with Gasteiger partial charge < -0.3 is 5.32 Å². The van der Waals surface area contributed by atoms with Crippen LogP contribution in [0.5, 0.6) is 0 Å². The number of carbonyl (C=O) groups excluding carboxylic acids is 1. The molecule has 120 valence electrons. The quantitative estimate of drug-likeness (QED) is 0.758. The van der Waals surface area contributed by atoms with E-state index in [-0.39, 0.29) is 18.5 Å². The zero-order valence-electron chi connectivity index (χ0n) is 13.1. The molecule has 0 aliphatic carbocycles. The van der Waals surface area contributed by atoms with Gasteiger partial charge in [-0.05, 0) is 49.3 Å². The van der Waals surface area contributed by atoms with Gasteiger partial charge in [-0.15, -0.1) is 11.3 Å². The number of aromatic amines is 1. The Labute approximate surface area is 139 Å². The molecule has 0 spiro atoms. The first-order valence-electron chi connectivity index (χ1n) is 7.45. The number of nitrogens with zero attached hydrogens (tertiary/aromatic N) is 2. The summed E-state index contributed by atoms with van der Waals surface area (Å²) < 4.78 is 2.21. The third-order valence-corrected chi connectivity index (χ3v) is 4.56. The molecule has 0 saturated heterocycles. The van der Waals surface area contributed by atoms with Crippen LogP contribution in [0.3, 0.4) is 0 Å². The number of H-pyrrole nitrogens is 1. The number of hydrogen-bond donors (Lipinski definition) is 2. The first-order valence-corrected chi connectivity index (χ1v) is 8.74. The smallest absolute Gasteiger partial charge is 0.240 e. The Morgan fingerprint density at radius 3 is 2.86 bits per heavy atom. The Morgan fingerprint density at radius 1 is 1.45 bits per heavy atom. The average Bonchev–Trinajstić information content (AvgIpc) is 3.07. The predicted molar refractivity (Wildman–Crippen MR) is 92.4 cm³/mol. The molecule has 1 atom stereocenters. The fourth-order valence-corrected chi connectivity index (χ4v) is 3.10. The molecule has 0 aliphatic heterocycles. The van der Waals surface area contributed by atoms with E-state index in [0.717, 1.165) is 17.7 Å². The van der Waals surface area contributed by atoms with Crippen molar-refractivity contribution in [1.29, 1.82) is 0 Å². The zero-order valence-corrected chi connectivity index (χ0v) is 14.8. The van der Waals surface area contributed by atoms with Crippen LogP contribution in [0.25, 0.3) is 10.7 Å². The number of nitrogens with one attached hydrogen (secondary N) is 2. The molecule has 22 heavy (non-hydrogen) atoms. The summed E-state index contributed by atoms with van der Waals surface area (Å²) in [6.45, 7) is 6.60. The molecule has 7 heteroatoms. The summed E-state index contributed by atoms with van der Waals surface area (Å²) in [4.78, 5) is 13.2. The molecule has 0 radical (unpaired) electrons. The first kappa shape index (κ1) is 16.9. The Balaban J connectivity index is 2.00. The number of hydrogen-bond acceptors (Lipinski definition) is 4. The maximum absolute atomic E-state index is 12.2. The van der Waals surface area contributed by atoms with Gasteiger partial charge >= 0.3 is 0 Å². The summed E-state index contributed by atoms with van der Waals surface area (Å²) in [5, 5.41) is 12.0. The third-order valence-electron chi connectivity index (χ3n) is 3.39. The monoisotopic (exact) mass is 338 g/mol. The standard InChI is InChI=1S/C15H22N4OS2/c1-10(2)6-7-11(3)16-13(20)9-19-14(17-18-15(19)21)12-5-4-8-22-12/h4-5,8,10-11H,6-7,9H2,1-3H3,(H,16,20)(H,18,21). The first-order chi connectivity index (χ1) is 10.5. The van der Waals surface area contributed by atoms with Crippen molar-refractivity contribution < 1.29 is 4.79 Å². The van der Waals surface area contributed by atoms with Gasteiger partial charge in [0.2, 0.25) is 5.91 Å². The van der Waals surface area contributed by atoms with Crippen molar-refractivity contribution in [2.45, 2.75) is 46.2 Å². The highest BCUT2D eigenvalue weighted by Gasteiger charge is 2.14. The average molecular weight is 339 g/mol. The van der Waals surface area contributed by atoms with E-state index in [0.29, 0.717) is 16.5 Å². The largest absolute Gasteiger partial charge is 0.352 e. The molecule has 2 heterocycles. The molecule has 0 aromatic carbocycles. The van der Waals surface area contributed by atoms with Gasteiger partial charge in [-0.3, -0.25) is 14.5 Å². The summed E-state index contributed by atoms with van der Waals surface area (Å²) >= 11 is 6.81. The molecule has 5 nitrogen and oxygen atoms in total. The fourth-order valence-electron chi connectivity index (χ4n) is 2.18. The zero-order chi connectivity index (χ0) is 16.1. The van der Waals surface area contributed by atoms with Crippen molar-refractivity contribution >= 4 is 29.5 Å². The predicted octanol–water partition coefficient (Wildman–Crippen LogP) is 3.61. The van der Waals surface area contributed by atoms with Gasteiger partial charge in [0, 0.05) is 6.04 Å². The van der Waals surface area contributed by atoms with Crippen LogP contribution in [0, 0.1) is 10.7 Å². The van der Waals surface area contributed by atoms with E-state index < -0.39 is 0 Å². The lowest BCUT2D eigenvalue weighted by atomic mass is 10.0. The summed E-state index contributed by atoms with van der Waals surface area (Å²) in [5.41, 5.74) is 0. The molecule has 2 rings (SSSR count). The maximum Gasteiger partial charge on any atom is 0.240 e. The highest BCUT2D eigenvalue weighted by molar-refractivity contribution is 7.71. The molecule has 2 aromatic heterocycles. The number of thiophene rings is 1. The minimum absolute atomic E-state index is 0.0356. The summed E-state index contributed by atoms with van der Waals surface area (Å²) in [7, 11) is 0. The number of carbonyl (C=O) groups is 1. The molecule has 1 unspecified atom stereocenters. The van der Waals surface area contributed by atoms with Crippen LogP contribution >= 0.6 is 23.6 Å². The maximum atomic E-state index is 12.2. The molecular formula is C15H22N4OS2. The van der Waals surface area contributed by atoms with Gasteiger partial charge in [-0.2, -0.15) is 5.10 Å². The van der Waals surface area contributed by atoms with Crippen LogP contribution in [0.15, 0.2) is 17.5 Å². The Hall–Kier alpha value is -1.47. The number of amides is 1. The number of rotatable bonds is 7. The van der Waals surface area contributed by atoms with Crippen molar-refractivity contribution in [2.75, 3.05) is 0 Å². The second-order valence-electron chi connectivity index (χ2n) is 5.86. The Kier molecular flexibility index (Phi) is 5.90. The summed E-state index contributed by atoms with van der Waals surface area (Å²) in [6, 6.07) is 4.09. The molecule has 2 aromatic rings. The molecule has 0 bridgehead atoms. The lowest BCUT2D eigenvalue weighted by Gasteiger charge is -2.15. The second-order valence-corrected chi connectivity index (χ2v) is 7.19. The van der Waals surface area contributed by atoms with Crippen LogP contribution < -0.4 is 5.32 Å². The van der Waals surface area contributed by atoms with Crippen LogP contribution in [-0.2, 0) is 11.3 Å². The van der Waals surface area contributed by atoms with E-state index in [1.54, 1.807) is 15.9 Å². The minimum Gasteiger partial charge on any atom is -0.352 e. The van der Waals surface area contributed by atoms with E-state index in [4.69, 9.17) is 12.2 Å². The molecule has 0 fully saturated rings. The Bertz CT molecular complexity index is 657. The molecule has 2 N–H and O–H groups in total. The Morgan fingerprint density at radius 2 is 2.23 bits per heavy atom. The highest BCUT2D eigenvalue weighted by atomic mass is 32.1. The molecule has 1 amide bonds. The van der Waals surface area contributed by atoms with E-state index in [2.05, 4.69) is 29.4 Å². The van der Waals surface area contributed by atoms with E-state index >= 15 is 0 Å². The van der Waals surface area contributed by atoms with Gasteiger partial charge in [-0.25, -0.2) is 0 Å². The molecule has 0 aliphatic rings. The van der Waals surface area contributed by atoms with Gasteiger partial charge in [0.15, 0.2) is 10.6 Å². The highest BCUT2D eigenvalue weighted by Crippen LogP contribution is 2.22. The topological polar surface area (TPSA) is 62.7 Å². The van der Waals surface area contributed by atoms with Crippen LogP contribution in [-0.4, -0.2) is 26.7 Å². The van der Waals surface area contributed by atoms with Crippen molar-refractivity contribution in [3.8, 4) is 10.7 Å². The van der Waals surface area contributed by atoms with Crippen LogP contribution in [0.1, 0.15) is 33.6 Å². The van der Waals surface area contributed by atoms with Crippen LogP contribution in [0.4, 0.5) is 0 Å². The SMILES string of the molecule is CC(C)CCC(C)NC(=O)Cn1c(-c2cccs2)n[nH]c1=S. The lowest BCUT2D eigenvalue weighted by Crippen LogP contribution is -2.35. The second kappa shape index (κ2) is 7.69. The van der Waals surface area contributed by atoms with Crippen molar-refractivity contribution in [3.05, 3.63) is 22.3 Å². The number of aromatic nitrogens is 3. The van der Waals surface area contributed by atoms with Crippen molar-refractivity contribution in [3.63, 3.8) is 0 Å². The van der Waals surface area contributed by atoms with Gasteiger partial charge in [0.25, 0.3) is 0 Å². The van der Waals surface area contributed by atoms with Crippen molar-refractivity contribution in [1.82, 2.24) is 20.1 Å². The van der Waals surface area contributed by atoms with Crippen LogP contribution in [0.2, 0.25) is 0 Å².